The van der Waals surface area contributed by atoms with Gasteiger partial charge in [0.25, 0.3) is 0 Å². The summed E-state index contributed by atoms with van der Waals surface area (Å²) in [6.07, 6.45) is 3.68. The van der Waals surface area contributed by atoms with Gasteiger partial charge in [-0.1, -0.05) is 24.3 Å². The highest BCUT2D eigenvalue weighted by Crippen LogP contribution is 2.29. The Hall–Kier alpha value is -2.18. The van der Waals surface area contributed by atoms with Crippen molar-refractivity contribution < 1.29 is 9.13 Å². The van der Waals surface area contributed by atoms with E-state index in [-0.39, 0.29) is 11.9 Å². The SMILES string of the molecule is COc1ccccc1C(NCc1ccc(F)c(Br)c1)c1nccn1C. The molecular weight excluding hydrogens is 385 g/mol. The maximum atomic E-state index is 13.4. The molecule has 1 atom stereocenters. The summed E-state index contributed by atoms with van der Waals surface area (Å²) in [4.78, 5) is 4.49. The molecule has 0 fully saturated rings. The summed E-state index contributed by atoms with van der Waals surface area (Å²) in [7, 11) is 3.62. The van der Waals surface area contributed by atoms with Crippen molar-refractivity contribution in [3.05, 3.63) is 82.1 Å². The molecule has 2 aromatic carbocycles. The zero-order valence-corrected chi connectivity index (χ0v) is 15.6. The molecule has 0 saturated heterocycles. The largest absolute Gasteiger partial charge is 0.496 e. The predicted octanol–water partition coefficient (Wildman–Crippen LogP) is 4.21. The van der Waals surface area contributed by atoms with E-state index in [2.05, 4.69) is 26.2 Å². The average molecular weight is 404 g/mol. The van der Waals surface area contributed by atoms with Gasteiger partial charge >= 0.3 is 0 Å². The van der Waals surface area contributed by atoms with Crippen molar-refractivity contribution in [1.29, 1.82) is 0 Å². The number of para-hydroxylation sites is 1. The number of nitrogens with zero attached hydrogens (tertiary/aromatic N) is 2. The lowest BCUT2D eigenvalue weighted by molar-refractivity contribution is 0.401. The summed E-state index contributed by atoms with van der Waals surface area (Å²) < 4.78 is 21.4. The number of hydrogen-bond acceptors (Lipinski definition) is 3. The van der Waals surface area contributed by atoms with Crippen LogP contribution in [-0.4, -0.2) is 16.7 Å². The van der Waals surface area contributed by atoms with Crippen LogP contribution in [0.2, 0.25) is 0 Å². The van der Waals surface area contributed by atoms with E-state index in [0.717, 1.165) is 22.7 Å². The third-order valence-electron chi connectivity index (χ3n) is 4.06. The highest BCUT2D eigenvalue weighted by molar-refractivity contribution is 9.10. The van der Waals surface area contributed by atoms with E-state index in [1.165, 1.54) is 6.07 Å². The number of halogens is 2. The lowest BCUT2D eigenvalue weighted by Gasteiger charge is -2.21. The van der Waals surface area contributed by atoms with E-state index in [1.807, 2.05) is 42.1 Å². The second-order valence-electron chi connectivity index (χ2n) is 5.70. The Morgan fingerprint density at radius 2 is 2.08 bits per heavy atom. The summed E-state index contributed by atoms with van der Waals surface area (Å²) >= 11 is 3.23. The summed E-state index contributed by atoms with van der Waals surface area (Å²) in [5, 5.41) is 3.51. The number of ether oxygens (including phenoxy) is 1. The highest BCUT2D eigenvalue weighted by atomic mass is 79.9. The molecule has 0 aliphatic carbocycles. The van der Waals surface area contributed by atoms with Gasteiger partial charge in [-0.3, -0.25) is 5.32 Å². The number of aromatic nitrogens is 2. The first-order valence-electron chi connectivity index (χ1n) is 7.87. The zero-order valence-electron chi connectivity index (χ0n) is 14.0. The Kier molecular flexibility index (Phi) is 5.50. The minimum atomic E-state index is -0.269. The van der Waals surface area contributed by atoms with Crippen LogP contribution in [0, 0.1) is 5.82 Å². The summed E-state index contributed by atoms with van der Waals surface area (Å²) in [6.45, 7) is 0.564. The van der Waals surface area contributed by atoms with E-state index in [4.69, 9.17) is 4.74 Å². The molecular formula is C19H19BrFN3O. The molecule has 0 bridgehead atoms. The van der Waals surface area contributed by atoms with Crippen LogP contribution in [0.25, 0.3) is 0 Å². The number of rotatable bonds is 6. The van der Waals surface area contributed by atoms with Crippen molar-refractivity contribution >= 4 is 15.9 Å². The topological polar surface area (TPSA) is 39.1 Å². The van der Waals surface area contributed by atoms with Gasteiger partial charge in [-0.25, -0.2) is 9.37 Å². The molecule has 130 valence electrons. The molecule has 4 nitrogen and oxygen atoms in total. The molecule has 0 aliphatic rings. The summed E-state index contributed by atoms with van der Waals surface area (Å²) in [5.74, 6) is 1.41. The third-order valence-corrected chi connectivity index (χ3v) is 4.67. The van der Waals surface area contributed by atoms with Crippen LogP contribution in [0.3, 0.4) is 0 Å². The molecule has 25 heavy (non-hydrogen) atoms. The quantitative estimate of drug-likeness (QED) is 0.669. The molecule has 0 aliphatic heterocycles. The smallest absolute Gasteiger partial charge is 0.137 e. The monoisotopic (exact) mass is 403 g/mol. The fourth-order valence-electron chi connectivity index (χ4n) is 2.77. The molecule has 0 spiro atoms. The second-order valence-corrected chi connectivity index (χ2v) is 6.56. The number of aryl methyl sites for hydroxylation is 1. The molecule has 1 heterocycles. The number of imidazole rings is 1. The van der Waals surface area contributed by atoms with Gasteiger partial charge in [0.15, 0.2) is 0 Å². The molecule has 1 aromatic heterocycles. The molecule has 1 N–H and O–H groups in total. The van der Waals surface area contributed by atoms with Gasteiger partial charge in [0.05, 0.1) is 17.6 Å². The Balaban J connectivity index is 1.92. The first kappa shape index (κ1) is 17.6. The molecule has 0 saturated carbocycles. The highest BCUT2D eigenvalue weighted by Gasteiger charge is 2.21. The molecule has 6 heteroatoms. The summed E-state index contributed by atoms with van der Waals surface area (Å²) in [6, 6.07) is 12.7. The fourth-order valence-corrected chi connectivity index (χ4v) is 3.20. The standard InChI is InChI=1S/C19H19BrFN3O/c1-24-10-9-22-19(24)18(14-5-3-4-6-17(14)25-2)23-12-13-7-8-16(21)15(20)11-13/h3-11,18,23H,12H2,1-2H3. The van der Waals surface area contributed by atoms with E-state index in [0.29, 0.717) is 11.0 Å². The van der Waals surface area contributed by atoms with Gasteiger partial charge in [-0.05, 0) is 39.7 Å². The van der Waals surface area contributed by atoms with Crippen LogP contribution in [0.1, 0.15) is 23.0 Å². The Morgan fingerprint density at radius 1 is 1.28 bits per heavy atom. The van der Waals surface area contributed by atoms with Gasteiger partial charge in [-0.2, -0.15) is 0 Å². The van der Waals surface area contributed by atoms with Gasteiger partial charge in [0.1, 0.15) is 17.4 Å². The maximum Gasteiger partial charge on any atom is 0.137 e. The van der Waals surface area contributed by atoms with Crippen LogP contribution >= 0.6 is 15.9 Å². The fraction of sp³-hybridized carbons (Fsp3) is 0.211. The second kappa shape index (κ2) is 7.80. The maximum absolute atomic E-state index is 13.4. The van der Waals surface area contributed by atoms with Gasteiger partial charge in [0.2, 0.25) is 0 Å². The molecule has 3 aromatic rings. The van der Waals surface area contributed by atoms with Gasteiger partial charge in [0, 0.05) is 31.5 Å². The van der Waals surface area contributed by atoms with Crippen molar-refractivity contribution in [2.24, 2.45) is 7.05 Å². The Bertz CT molecular complexity index is 865. The van der Waals surface area contributed by atoms with Crippen molar-refractivity contribution in [1.82, 2.24) is 14.9 Å². The van der Waals surface area contributed by atoms with Crippen LogP contribution in [0.4, 0.5) is 4.39 Å². The number of benzene rings is 2. The third kappa shape index (κ3) is 3.91. The Labute approximate surface area is 154 Å². The van der Waals surface area contributed by atoms with Crippen LogP contribution < -0.4 is 10.1 Å². The number of hydrogen-bond donors (Lipinski definition) is 1. The minimum absolute atomic E-state index is 0.153. The van der Waals surface area contributed by atoms with Gasteiger partial charge in [-0.15, -0.1) is 0 Å². The first-order chi connectivity index (χ1) is 12.1. The van der Waals surface area contributed by atoms with E-state index in [1.54, 1.807) is 25.4 Å². The Morgan fingerprint density at radius 3 is 2.76 bits per heavy atom. The minimum Gasteiger partial charge on any atom is -0.496 e. The van der Waals surface area contributed by atoms with Crippen LogP contribution in [0.15, 0.2) is 59.3 Å². The molecule has 1 unspecified atom stereocenters. The lowest BCUT2D eigenvalue weighted by atomic mass is 10.0. The lowest BCUT2D eigenvalue weighted by Crippen LogP contribution is -2.25. The van der Waals surface area contributed by atoms with E-state index in [9.17, 15) is 4.39 Å². The van der Waals surface area contributed by atoms with E-state index < -0.39 is 0 Å². The average Bonchev–Trinajstić information content (AvgIpc) is 3.04. The van der Waals surface area contributed by atoms with Crippen molar-refractivity contribution in [3.8, 4) is 5.75 Å². The van der Waals surface area contributed by atoms with Crippen molar-refractivity contribution in [2.75, 3.05) is 7.11 Å². The van der Waals surface area contributed by atoms with Crippen molar-refractivity contribution in [3.63, 3.8) is 0 Å². The van der Waals surface area contributed by atoms with E-state index >= 15 is 0 Å². The van der Waals surface area contributed by atoms with Crippen LogP contribution in [-0.2, 0) is 13.6 Å². The molecule has 3 rings (SSSR count). The van der Waals surface area contributed by atoms with Gasteiger partial charge < -0.3 is 9.30 Å². The predicted molar refractivity (Wildman–Crippen MR) is 99.0 cm³/mol. The van der Waals surface area contributed by atoms with Crippen LogP contribution in [0.5, 0.6) is 5.75 Å². The molecule has 0 amide bonds. The van der Waals surface area contributed by atoms with Crippen molar-refractivity contribution in [2.45, 2.75) is 12.6 Å². The first-order valence-corrected chi connectivity index (χ1v) is 8.67. The molecule has 0 radical (unpaired) electrons. The normalized spacial score (nSPS) is 12.2. The number of methoxy groups -OCH3 is 1. The zero-order chi connectivity index (χ0) is 17.8. The number of nitrogens with one attached hydrogen (secondary N) is 1. The summed E-state index contributed by atoms with van der Waals surface area (Å²) in [5.41, 5.74) is 1.97.